The summed E-state index contributed by atoms with van der Waals surface area (Å²) in [5.41, 5.74) is 2.46. The van der Waals surface area contributed by atoms with E-state index in [1.807, 2.05) is 29.1 Å². The Labute approximate surface area is 191 Å². The monoisotopic (exact) mass is 454 g/mol. The minimum absolute atomic E-state index is 0. The van der Waals surface area contributed by atoms with E-state index in [0.717, 1.165) is 36.3 Å². The fourth-order valence-electron chi connectivity index (χ4n) is 4.17. The van der Waals surface area contributed by atoms with Crippen LogP contribution in [-0.2, 0) is 6.67 Å². The lowest BCUT2D eigenvalue weighted by atomic mass is 10.1. The van der Waals surface area contributed by atoms with E-state index < -0.39 is 5.82 Å². The Morgan fingerprint density at radius 2 is 1.88 bits per heavy atom. The number of rotatable bonds is 5. The molecule has 3 heterocycles. The molecule has 0 bridgehead atoms. The first-order chi connectivity index (χ1) is 15.1. The van der Waals surface area contributed by atoms with Crippen molar-refractivity contribution < 1.29 is 9.13 Å². The summed E-state index contributed by atoms with van der Waals surface area (Å²) in [6.45, 7) is 3.00. The van der Waals surface area contributed by atoms with Crippen LogP contribution in [0.3, 0.4) is 0 Å². The van der Waals surface area contributed by atoms with Gasteiger partial charge in [0.05, 0.1) is 25.5 Å². The van der Waals surface area contributed by atoms with E-state index in [-0.39, 0.29) is 18.0 Å². The van der Waals surface area contributed by atoms with E-state index in [1.54, 1.807) is 29.0 Å². The standard InChI is InChI=1S/C24H23FN4O2.ClH/c1-31-20-5-6-21(22(25)14-20)17-8-11-28(24(30)13-17)19-4-7-23-18(12-19)15-26-29(23)16-27-9-2-3-10-27;/h4-8,11-15H,2-3,9-10,16H2,1H3;1H. The summed E-state index contributed by atoms with van der Waals surface area (Å²) in [7, 11) is 1.49. The number of aromatic nitrogens is 3. The van der Waals surface area contributed by atoms with Crippen LogP contribution in [0.2, 0.25) is 0 Å². The molecule has 0 radical (unpaired) electrons. The van der Waals surface area contributed by atoms with Crippen LogP contribution in [0.5, 0.6) is 5.75 Å². The van der Waals surface area contributed by atoms with Crippen LogP contribution < -0.4 is 10.3 Å². The largest absolute Gasteiger partial charge is 0.497 e. The molecule has 0 saturated carbocycles. The molecule has 1 fully saturated rings. The first-order valence-electron chi connectivity index (χ1n) is 10.4. The van der Waals surface area contributed by atoms with Gasteiger partial charge in [-0.25, -0.2) is 4.39 Å². The summed E-state index contributed by atoms with van der Waals surface area (Å²) >= 11 is 0. The highest BCUT2D eigenvalue weighted by molar-refractivity contribution is 5.85. The fourth-order valence-corrected chi connectivity index (χ4v) is 4.17. The summed E-state index contributed by atoms with van der Waals surface area (Å²) in [5, 5.41) is 5.51. The number of halogens is 2. The van der Waals surface area contributed by atoms with Crippen molar-refractivity contribution in [2.24, 2.45) is 0 Å². The number of benzene rings is 2. The molecule has 2 aromatic carbocycles. The van der Waals surface area contributed by atoms with Gasteiger partial charge in [-0.1, -0.05) is 0 Å². The molecule has 2 aromatic heterocycles. The molecule has 1 aliphatic rings. The first kappa shape index (κ1) is 22.0. The van der Waals surface area contributed by atoms with Crippen molar-refractivity contribution in [2.75, 3.05) is 20.2 Å². The number of pyridine rings is 1. The minimum atomic E-state index is -0.427. The predicted molar refractivity (Wildman–Crippen MR) is 125 cm³/mol. The normalized spacial score (nSPS) is 13.9. The van der Waals surface area contributed by atoms with Crippen molar-refractivity contribution in [3.8, 4) is 22.6 Å². The lowest BCUT2D eigenvalue weighted by Gasteiger charge is -2.15. The van der Waals surface area contributed by atoms with E-state index >= 15 is 0 Å². The molecule has 5 rings (SSSR count). The van der Waals surface area contributed by atoms with Crippen molar-refractivity contribution in [3.05, 3.63) is 77.1 Å². The smallest absolute Gasteiger partial charge is 0.255 e. The van der Waals surface area contributed by atoms with Gasteiger partial charge in [0.25, 0.3) is 5.56 Å². The number of likely N-dealkylation sites (tertiary alicyclic amines) is 1. The van der Waals surface area contributed by atoms with Gasteiger partial charge < -0.3 is 4.74 Å². The predicted octanol–water partition coefficient (Wildman–Crippen LogP) is 4.48. The summed E-state index contributed by atoms with van der Waals surface area (Å²) in [6.07, 6.45) is 5.99. The summed E-state index contributed by atoms with van der Waals surface area (Å²) in [5.74, 6) is 0.0107. The zero-order valence-corrected chi connectivity index (χ0v) is 18.5. The Balaban J connectivity index is 0.00000245. The molecule has 166 valence electrons. The van der Waals surface area contributed by atoms with E-state index in [4.69, 9.17) is 4.74 Å². The second kappa shape index (κ2) is 9.14. The molecule has 1 aliphatic heterocycles. The molecule has 0 N–H and O–H groups in total. The number of methoxy groups -OCH3 is 1. The van der Waals surface area contributed by atoms with Gasteiger partial charge in [0.1, 0.15) is 11.6 Å². The Hall–Kier alpha value is -3.16. The van der Waals surface area contributed by atoms with Gasteiger partial charge in [-0.05, 0) is 67.9 Å². The van der Waals surface area contributed by atoms with Crippen molar-refractivity contribution in [2.45, 2.75) is 19.5 Å². The number of hydrogen-bond acceptors (Lipinski definition) is 4. The van der Waals surface area contributed by atoms with Crippen molar-refractivity contribution in [3.63, 3.8) is 0 Å². The molecule has 0 unspecified atom stereocenters. The van der Waals surface area contributed by atoms with Gasteiger partial charge in [0.15, 0.2) is 0 Å². The third kappa shape index (κ3) is 4.13. The third-order valence-corrected chi connectivity index (χ3v) is 5.84. The van der Waals surface area contributed by atoms with E-state index in [9.17, 15) is 9.18 Å². The van der Waals surface area contributed by atoms with Gasteiger partial charge in [-0.15, -0.1) is 12.4 Å². The highest BCUT2D eigenvalue weighted by Gasteiger charge is 2.14. The Bertz CT molecular complexity index is 1310. The van der Waals surface area contributed by atoms with E-state index in [0.29, 0.717) is 16.9 Å². The number of hydrogen-bond donors (Lipinski definition) is 0. The molecule has 0 amide bonds. The van der Waals surface area contributed by atoms with Crippen LogP contribution in [0, 0.1) is 5.82 Å². The summed E-state index contributed by atoms with van der Waals surface area (Å²) in [4.78, 5) is 15.2. The zero-order valence-electron chi connectivity index (χ0n) is 17.7. The lowest BCUT2D eigenvalue weighted by molar-refractivity contribution is 0.260. The zero-order chi connectivity index (χ0) is 21.4. The molecule has 0 aliphatic carbocycles. The highest BCUT2D eigenvalue weighted by Crippen LogP contribution is 2.26. The Morgan fingerprint density at radius 3 is 2.59 bits per heavy atom. The molecular formula is C24H24ClFN4O2. The van der Waals surface area contributed by atoms with Crippen LogP contribution >= 0.6 is 12.4 Å². The molecular weight excluding hydrogens is 431 g/mol. The third-order valence-electron chi connectivity index (χ3n) is 5.84. The quantitative estimate of drug-likeness (QED) is 0.446. The maximum Gasteiger partial charge on any atom is 0.255 e. The fraction of sp³-hybridized carbons (Fsp3) is 0.250. The van der Waals surface area contributed by atoms with Crippen molar-refractivity contribution >= 4 is 23.3 Å². The molecule has 0 atom stereocenters. The van der Waals surface area contributed by atoms with Crippen molar-refractivity contribution in [1.82, 2.24) is 19.2 Å². The van der Waals surface area contributed by atoms with Crippen molar-refractivity contribution in [1.29, 1.82) is 0 Å². The van der Waals surface area contributed by atoms with E-state index in [2.05, 4.69) is 10.00 Å². The molecule has 0 spiro atoms. The number of nitrogens with zero attached hydrogens (tertiary/aromatic N) is 4. The SMILES string of the molecule is COc1ccc(-c2ccn(-c3ccc4c(cnn4CN4CCCC4)c3)c(=O)c2)c(F)c1.Cl. The van der Waals surface area contributed by atoms with Gasteiger partial charge in [-0.2, -0.15) is 5.10 Å². The van der Waals surface area contributed by atoms with Gasteiger partial charge >= 0.3 is 0 Å². The van der Waals surface area contributed by atoms with E-state index in [1.165, 1.54) is 32.1 Å². The second-order valence-corrected chi connectivity index (χ2v) is 7.82. The average Bonchev–Trinajstić information content (AvgIpc) is 3.43. The van der Waals surface area contributed by atoms with Crippen LogP contribution in [0.1, 0.15) is 12.8 Å². The minimum Gasteiger partial charge on any atom is -0.497 e. The lowest BCUT2D eigenvalue weighted by Crippen LogP contribution is -2.23. The first-order valence-corrected chi connectivity index (χ1v) is 10.4. The molecule has 8 heteroatoms. The van der Waals surface area contributed by atoms with Crippen LogP contribution in [0.25, 0.3) is 27.7 Å². The molecule has 6 nitrogen and oxygen atoms in total. The maximum atomic E-state index is 14.4. The van der Waals surface area contributed by atoms with Crippen LogP contribution in [0.15, 0.2) is 65.7 Å². The average molecular weight is 455 g/mol. The topological polar surface area (TPSA) is 52.3 Å². The summed E-state index contributed by atoms with van der Waals surface area (Å²) in [6, 6.07) is 13.7. The van der Waals surface area contributed by atoms with Gasteiger partial charge in [-0.3, -0.25) is 18.9 Å². The molecule has 4 aromatic rings. The Kier molecular flexibility index (Phi) is 6.30. The molecule has 1 saturated heterocycles. The Morgan fingerprint density at radius 1 is 1.06 bits per heavy atom. The summed E-state index contributed by atoms with van der Waals surface area (Å²) < 4.78 is 23.0. The number of ether oxygens (including phenoxy) is 1. The maximum absolute atomic E-state index is 14.4. The molecule has 32 heavy (non-hydrogen) atoms. The number of fused-ring (bicyclic) bond motifs is 1. The van der Waals surface area contributed by atoms with Gasteiger partial charge in [0.2, 0.25) is 0 Å². The van der Waals surface area contributed by atoms with Crippen LogP contribution in [-0.4, -0.2) is 39.4 Å². The second-order valence-electron chi connectivity index (χ2n) is 7.82. The highest BCUT2D eigenvalue weighted by atomic mass is 35.5. The van der Waals surface area contributed by atoms with Gasteiger partial charge in [0, 0.05) is 35.0 Å². The van der Waals surface area contributed by atoms with Crippen LogP contribution in [0.4, 0.5) is 4.39 Å².